The Kier molecular flexibility index (Phi) is 2.73. The summed E-state index contributed by atoms with van der Waals surface area (Å²) in [5, 5.41) is 0. The average molecular weight is 269 g/mol. The lowest BCUT2D eigenvalue weighted by Crippen LogP contribution is -2.02. The third-order valence-corrected chi connectivity index (χ3v) is 1.88. The molecule has 0 aliphatic heterocycles. The summed E-state index contributed by atoms with van der Waals surface area (Å²) in [6.07, 6.45) is 0. The molecule has 10 heavy (non-hydrogen) atoms. The Labute approximate surface area is 76.7 Å². The molecule has 0 unspecified atom stereocenters. The lowest BCUT2D eigenvalue weighted by atomic mass is 10.4. The maximum Gasteiger partial charge on any atom is 0.182 e. The quantitative estimate of drug-likeness (QED) is 0.470. The zero-order valence-corrected chi connectivity index (χ0v) is 7.94. The Bertz CT molecular complexity index is 283. The molecular weight excluding hydrogens is 264 g/mol. The summed E-state index contributed by atoms with van der Waals surface area (Å²) in [6, 6.07) is 3.02. The first-order valence-electron chi connectivity index (χ1n) is 2.67. The summed E-state index contributed by atoms with van der Waals surface area (Å²) in [5.41, 5.74) is 0.761. The molecule has 0 fully saturated rings. The first kappa shape index (κ1) is 8.07. The maximum atomic E-state index is 10.8. The van der Waals surface area contributed by atoms with Crippen molar-refractivity contribution >= 4 is 34.2 Å². The molecule has 0 aliphatic rings. The van der Waals surface area contributed by atoms with Crippen LogP contribution in [0.3, 0.4) is 0 Å². The van der Waals surface area contributed by atoms with Crippen molar-refractivity contribution in [3.8, 4) is 0 Å². The molecule has 1 N–H and O–H groups in total. The number of H-pyrrole nitrogens is 1. The Hall–Kier alpha value is -0.0300. The van der Waals surface area contributed by atoms with Crippen LogP contribution in [-0.4, -0.2) is 4.98 Å². The standard InChI is InChI=1S/C6H5ClINO/c7-3-4-1-5(10)2-6(8)9-4/h1-2H,3H2,(H,9,10). The van der Waals surface area contributed by atoms with Gasteiger partial charge in [0.15, 0.2) is 5.43 Å². The first-order valence-corrected chi connectivity index (χ1v) is 4.28. The number of hydrogen-bond donors (Lipinski definition) is 1. The van der Waals surface area contributed by atoms with E-state index in [4.69, 9.17) is 11.6 Å². The fourth-order valence-corrected chi connectivity index (χ4v) is 1.43. The highest BCUT2D eigenvalue weighted by atomic mass is 127. The van der Waals surface area contributed by atoms with Crippen LogP contribution < -0.4 is 5.43 Å². The number of halogens is 2. The van der Waals surface area contributed by atoms with Gasteiger partial charge < -0.3 is 4.98 Å². The third kappa shape index (κ3) is 1.98. The second-order valence-corrected chi connectivity index (χ2v) is 3.25. The molecule has 0 spiro atoms. The van der Waals surface area contributed by atoms with Crippen molar-refractivity contribution in [1.82, 2.24) is 4.98 Å². The van der Waals surface area contributed by atoms with Crippen LogP contribution in [0.5, 0.6) is 0 Å². The van der Waals surface area contributed by atoms with Crippen LogP contribution in [0, 0.1) is 3.70 Å². The van der Waals surface area contributed by atoms with Crippen molar-refractivity contribution in [1.29, 1.82) is 0 Å². The van der Waals surface area contributed by atoms with Crippen LogP contribution in [0.25, 0.3) is 0 Å². The van der Waals surface area contributed by atoms with Gasteiger partial charge in [-0.15, -0.1) is 11.6 Å². The fourth-order valence-electron chi connectivity index (χ4n) is 0.636. The second kappa shape index (κ2) is 3.39. The van der Waals surface area contributed by atoms with Gasteiger partial charge in [0, 0.05) is 17.8 Å². The van der Waals surface area contributed by atoms with Gasteiger partial charge in [-0.05, 0) is 22.6 Å². The minimum Gasteiger partial charge on any atom is -0.353 e. The van der Waals surface area contributed by atoms with Gasteiger partial charge in [-0.25, -0.2) is 0 Å². The second-order valence-electron chi connectivity index (χ2n) is 1.82. The summed E-state index contributed by atoms with van der Waals surface area (Å²) >= 11 is 7.54. The summed E-state index contributed by atoms with van der Waals surface area (Å²) in [4.78, 5) is 13.7. The Morgan fingerprint density at radius 1 is 1.60 bits per heavy atom. The van der Waals surface area contributed by atoms with Gasteiger partial charge in [-0.2, -0.15) is 0 Å². The summed E-state index contributed by atoms with van der Waals surface area (Å²) in [7, 11) is 0. The van der Waals surface area contributed by atoms with E-state index in [2.05, 4.69) is 4.98 Å². The van der Waals surface area contributed by atoms with Crippen LogP contribution >= 0.6 is 34.2 Å². The van der Waals surface area contributed by atoms with Gasteiger partial charge in [-0.1, -0.05) is 0 Å². The van der Waals surface area contributed by atoms with Gasteiger partial charge in [0.1, 0.15) is 0 Å². The highest BCUT2D eigenvalue weighted by Gasteiger charge is 1.93. The van der Waals surface area contributed by atoms with Gasteiger partial charge >= 0.3 is 0 Å². The number of aromatic amines is 1. The summed E-state index contributed by atoms with van der Waals surface area (Å²) in [5.74, 6) is 0.353. The summed E-state index contributed by atoms with van der Waals surface area (Å²) in [6.45, 7) is 0. The Morgan fingerprint density at radius 3 is 2.80 bits per heavy atom. The van der Waals surface area contributed by atoms with Crippen LogP contribution in [0.15, 0.2) is 16.9 Å². The normalized spacial score (nSPS) is 9.80. The van der Waals surface area contributed by atoms with E-state index in [1.165, 1.54) is 12.1 Å². The van der Waals surface area contributed by atoms with E-state index in [1.807, 2.05) is 22.6 Å². The summed E-state index contributed by atoms with van der Waals surface area (Å²) < 4.78 is 0.820. The van der Waals surface area contributed by atoms with E-state index >= 15 is 0 Å². The zero-order chi connectivity index (χ0) is 7.56. The minimum atomic E-state index is -0.00111. The van der Waals surface area contributed by atoms with E-state index in [-0.39, 0.29) is 5.43 Å². The van der Waals surface area contributed by atoms with Crippen LogP contribution in [0.1, 0.15) is 5.69 Å². The van der Waals surface area contributed by atoms with E-state index in [1.54, 1.807) is 0 Å². The highest BCUT2D eigenvalue weighted by molar-refractivity contribution is 14.1. The number of aromatic nitrogens is 1. The third-order valence-electron chi connectivity index (χ3n) is 1.01. The maximum absolute atomic E-state index is 10.8. The Balaban J connectivity index is 3.19. The largest absolute Gasteiger partial charge is 0.353 e. The molecule has 0 aromatic carbocycles. The van der Waals surface area contributed by atoms with Crippen LogP contribution in [-0.2, 0) is 5.88 Å². The number of hydrogen-bond acceptors (Lipinski definition) is 1. The van der Waals surface area contributed by atoms with Crippen LogP contribution in [0.4, 0.5) is 0 Å². The molecule has 0 atom stereocenters. The SMILES string of the molecule is O=c1cc(I)[nH]c(CCl)c1. The number of nitrogens with one attached hydrogen (secondary N) is 1. The molecule has 1 rings (SSSR count). The topological polar surface area (TPSA) is 32.9 Å². The van der Waals surface area contributed by atoms with Crippen molar-refractivity contribution in [2.75, 3.05) is 0 Å². The van der Waals surface area contributed by atoms with Crippen molar-refractivity contribution in [2.45, 2.75) is 5.88 Å². The van der Waals surface area contributed by atoms with E-state index in [0.717, 1.165) is 9.39 Å². The molecule has 1 heterocycles. The molecule has 0 saturated carbocycles. The zero-order valence-electron chi connectivity index (χ0n) is 5.03. The first-order chi connectivity index (χ1) is 4.72. The van der Waals surface area contributed by atoms with E-state index in [9.17, 15) is 4.79 Å². The molecule has 0 saturated heterocycles. The average Bonchev–Trinajstić information content (AvgIpc) is 1.85. The number of alkyl halides is 1. The smallest absolute Gasteiger partial charge is 0.182 e. The van der Waals surface area contributed by atoms with Crippen molar-refractivity contribution in [3.63, 3.8) is 0 Å². The predicted molar refractivity (Wildman–Crippen MR) is 49.3 cm³/mol. The molecule has 1 aromatic heterocycles. The molecule has 0 amide bonds. The van der Waals surface area contributed by atoms with Gasteiger partial charge in [-0.3, -0.25) is 4.79 Å². The molecule has 4 heteroatoms. The van der Waals surface area contributed by atoms with Gasteiger partial charge in [0.05, 0.1) is 9.58 Å². The monoisotopic (exact) mass is 269 g/mol. The predicted octanol–water partition coefficient (Wildman–Crippen LogP) is 1.72. The fraction of sp³-hybridized carbons (Fsp3) is 0.167. The van der Waals surface area contributed by atoms with Gasteiger partial charge in [0.2, 0.25) is 0 Å². The van der Waals surface area contributed by atoms with Crippen molar-refractivity contribution in [3.05, 3.63) is 31.8 Å². The molecule has 0 aliphatic carbocycles. The molecular formula is C6H5ClINO. The van der Waals surface area contributed by atoms with Gasteiger partial charge in [0.25, 0.3) is 0 Å². The minimum absolute atomic E-state index is 0.00111. The molecule has 54 valence electrons. The van der Waals surface area contributed by atoms with Crippen molar-refractivity contribution in [2.24, 2.45) is 0 Å². The molecule has 0 bridgehead atoms. The lowest BCUT2D eigenvalue weighted by Gasteiger charge is -1.94. The molecule has 1 aromatic rings. The van der Waals surface area contributed by atoms with E-state index in [0.29, 0.717) is 5.88 Å². The van der Waals surface area contributed by atoms with E-state index < -0.39 is 0 Å². The lowest BCUT2D eigenvalue weighted by molar-refractivity contribution is 1.12. The number of rotatable bonds is 1. The van der Waals surface area contributed by atoms with Crippen molar-refractivity contribution < 1.29 is 0 Å². The van der Waals surface area contributed by atoms with Crippen LogP contribution in [0.2, 0.25) is 0 Å². The number of pyridine rings is 1. The molecule has 2 nitrogen and oxygen atoms in total. The Morgan fingerprint density at radius 2 is 2.30 bits per heavy atom. The molecule has 0 radical (unpaired) electrons. The highest BCUT2D eigenvalue weighted by Crippen LogP contribution is 2.00.